The SMILES string of the molecule is CCOC(=O)c1c(NC(=O)c2ccc(C)n2C)sc(C)c1CC. The Balaban J connectivity index is 2.38. The minimum absolute atomic E-state index is 0.227. The van der Waals surface area contributed by atoms with Gasteiger partial charge in [0.25, 0.3) is 5.91 Å². The zero-order valence-corrected chi connectivity index (χ0v) is 15.0. The largest absolute Gasteiger partial charge is 0.462 e. The minimum Gasteiger partial charge on any atom is -0.462 e. The van der Waals surface area contributed by atoms with Crippen molar-refractivity contribution < 1.29 is 14.3 Å². The Kier molecular flexibility index (Phi) is 5.26. The number of nitrogens with zero attached hydrogens (tertiary/aromatic N) is 1. The third-order valence-electron chi connectivity index (χ3n) is 3.87. The summed E-state index contributed by atoms with van der Waals surface area (Å²) >= 11 is 1.41. The third-order valence-corrected chi connectivity index (χ3v) is 4.94. The van der Waals surface area contributed by atoms with Crippen molar-refractivity contribution in [3.8, 4) is 0 Å². The first-order chi connectivity index (χ1) is 10.9. The van der Waals surface area contributed by atoms with Crippen molar-refractivity contribution in [2.75, 3.05) is 11.9 Å². The molecule has 0 aromatic carbocycles. The van der Waals surface area contributed by atoms with Crippen molar-refractivity contribution in [1.82, 2.24) is 4.57 Å². The molecule has 0 saturated carbocycles. The first-order valence-corrected chi connectivity index (χ1v) is 8.45. The predicted octanol–water partition coefficient (Wildman–Crippen LogP) is 3.69. The molecule has 2 aromatic heterocycles. The summed E-state index contributed by atoms with van der Waals surface area (Å²) in [5.41, 5.74) is 2.97. The number of esters is 1. The van der Waals surface area contributed by atoms with Gasteiger partial charge in [0, 0.05) is 17.6 Å². The van der Waals surface area contributed by atoms with Gasteiger partial charge in [0.05, 0.1) is 12.2 Å². The van der Waals surface area contributed by atoms with Gasteiger partial charge in [-0.15, -0.1) is 11.3 Å². The van der Waals surface area contributed by atoms with Crippen LogP contribution in [0.3, 0.4) is 0 Å². The molecule has 0 bridgehead atoms. The van der Waals surface area contributed by atoms with Gasteiger partial charge in [0.1, 0.15) is 10.7 Å². The number of amides is 1. The van der Waals surface area contributed by atoms with E-state index in [1.807, 2.05) is 38.5 Å². The Morgan fingerprint density at radius 3 is 2.48 bits per heavy atom. The highest BCUT2D eigenvalue weighted by Gasteiger charge is 2.24. The molecular formula is C17H22N2O3S. The van der Waals surface area contributed by atoms with Crippen LogP contribution >= 0.6 is 11.3 Å². The van der Waals surface area contributed by atoms with Crippen LogP contribution in [0.4, 0.5) is 5.00 Å². The second kappa shape index (κ2) is 7.00. The van der Waals surface area contributed by atoms with E-state index in [1.165, 1.54) is 11.3 Å². The van der Waals surface area contributed by atoms with Crippen molar-refractivity contribution in [3.05, 3.63) is 39.5 Å². The van der Waals surface area contributed by atoms with Crippen LogP contribution in [-0.2, 0) is 18.2 Å². The number of carbonyl (C=O) groups excluding carboxylic acids is 2. The van der Waals surface area contributed by atoms with Crippen LogP contribution in [-0.4, -0.2) is 23.1 Å². The van der Waals surface area contributed by atoms with E-state index in [2.05, 4.69) is 5.32 Å². The van der Waals surface area contributed by atoms with Crippen LogP contribution in [0.2, 0.25) is 0 Å². The normalized spacial score (nSPS) is 10.7. The number of anilines is 1. The highest BCUT2D eigenvalue weighted by atomic mass is 32.1. The van der Waals surface area contributed by atoms with Crippen LogP contribution in [0.15, 0.2) is 12.1 Å². The number of carbonyl (C=O) groups is 2. The minimum atomic E-state index is -0.382. The number of thiophene rings is 1. The van der Waals surface area contributed by atoms with Crippen LogP contribution in [0.25, 0.3) is 0 Å². The van der Waals surface area contributed by atoms with Gasteiger partial charge >= 0.3 is 5.97 Å². The smallest absolute Gasteiger partial charge is 0.341 e. The molecule has 23 heavy (non-hydrogen) atoms. The molecule has 0 aliphatic rings. The van der Waals surface area contributed by atoms with Crippen LogP contribution < -0.4 is 5.32 Å². The highest BCUT2D eigenvalue weighted by Crippen LogP contribution is 2.34. The molecule has 1 amide bonds. The van der Waals surface area contributed by atoms with Gasteiger partial charge in [-0.25, -0.2) is 4.79 Å². The number of hydrogen-bond donors (Lipinski definition) is 1. The summed E-state index contributed by atoms with van der Waals surface area (Å²) in [6.45, 7) is 7.96. The second-order valence-corrected chi connectivity index (χ2v) is 6.51. The van der Waals surface area contributed by atoms with E-state index >= 15 is 0 Å². The fourth-order valence-corrected chi connectivity index (χ4v) is 3.65. The summed E-state index contributed by atoms with van der Waals surface area (Å²) in [5.74, 6) is -0.609. The Bertz CT molecular complexity index is 743. The number of nitrogens with one attached hydrogen (secondary N) is 1. The predicted molar refractivity (Wildman–Crippen MR) is 92.5 cm³/mol. The first-order valence-electron chi connectivity index (χ1n) is 7.63. The zero-order chi connectivity index (χ0) is 17.1. The molecule has 0 radical (unpaired) electrons. The number of rotatable bonds is 5. The number of ether oxygens (including phenoxy) is 1. The second-order valence-electron chi connectivity index (χ2n) is 5.29. The number of aryl methyl sites for hydroxylation is 2. The van der Waals surface area contributed by atoms with E-state index < -0.39 is 0 Å². The van der Waals surface area contributed by atoms with Crippen molar-refractivity contribution in [2.45, 2.75) is 34.1 Å². The van der Waals surface area contributed by atoms with Gasteiger partial charge in [-0.1, -0.05) is 6.92 Å². The molecule has 0 saturated heterocycles. The van der Waals surface area contributed by atoms with Crippen molar-refractivity contribution >= 4 is 28.2 Å². The van der Waals surface area contributed by atoms with E-state index in [9.17, 15) is 9.59 Å². The Morgan fingerprint density at radius 1 is 1.26 bits per heavy atom. The van der Waals surface area contributed by atoms with Crippen molar-refractivity contribution in [3.63, 3.8) is 0 Å². The first kappa shape index (κ1) is 17.3. The molecule has 0 spiro atoms. The standard InChI is InChI=1S/C17H22N2O3S/c1-6-12-11(4)23-16(14(12)17(21)22-7-2)18-15(20)13-9-8-10(3)19(13)5/h8-9H,6-7H2,1-5H3,(H,18,20). The van der Waals surface area contributed by atoms with E-state index in [1.54, 1.807) is 13.0 Å². The highest BCUT2D eigenvalue weighted by molar-refractivity contribution is 7.16. The number of aromatic nitrogens is 1. The summed E-state index contributed by atoms with van der Waals surface area (Å²) in [4.78, 5) is 25.8. The fourth-order valence-electron chi connectivity index (χ4n) is 2.52. The molecule has 1 N–H and O–H groups in total. The monoisotopic (exact) mass is 334 g/mol. The average molecular weight is 334 g/mol. The van der Waals surface area contributed by atoms with Crippen LogP contribution in [0.5, 0.6) is 0 Å². The van der Waals surface area contributed by atoms with Crippen molar-refractivity contribution in [2.24, 2.45) is 7.05 Å². The lowest BCUT2D eigenvalue weighted by Crippen LogP contribution is -2.18. The molecule has 0 atom stereocenters. The topological polar surface area (TPSA) is 60.3 Å². The molecule has 5 nitrogen and oxygen atoms in total. The summed E-state index contributed by atoms with van der Waals surface area (Å²) in [6.07, 6.45) is 0.718. The molecule has 0 aliphatic heterocycles. The summed E-state index contributed by atoms with van der Waals surface area (Å²) in [7, 11) is 1.84. The molecule has 0 aliphatic carbocycles. The van der Waals surface area contributed by atoms with Crippen LogP contribution in [0, 0.1) is 13.8 Å². The maximum absolute atomic E-state index is 12.5. The van der Waals surface area contributed by atoms with Crippen LogP contribution in [0.1, 0.15) is 50.8 Å². The lowest BCUT2D eigenvalue weighted by atomic mass is 10.1. The van der Waals surface area contributed by atoms with Gasteiger partial charge in [0.15, 0.2) is 0 Å². The summed E-state index contributed by atoms with van der Waals surface area (Å²) < 4.78 is 6.97. The Labute approximate surface area is 140 Å². The van der Waals surface area contributed by atoms with Gasteiger partial charge in [-0.05, 0) is 44.9 Å². The summed E-state index contributed by atoms with van der Waals surface area (Å²) in [5, 5.41) is 3.43. The Morgan fingerprint density at radius 2 is 1.96 bits per heavy atom. The van der Waals surface area contributed by atoms with E-state index in [0.29, 0.717) is 22.9 Å². The van der Waals surface area contributed by atoms with E-state index in [0.717, 1.165) is 22.6 Å². The van der Waals surface area contributed by atoms with Gasteiger partial charge in [-0.3, -0.25) is 4.79 Å². The van der Waals surface area contributed by atoms with Gasteiger partial charge < -0.3 is 14.6 Å². The molecule has 2 heterocycles. The maximum Gasteiger partial charge on any atom is 0.341 e. The van der Waals surface area contributed by atoms with E-state index in [-0.39, 0.29) is 11.9 Å². The zero-order valence-electron chi connectivity index (χ0n) is 14.1. The molecule has 124 valence electrons. The summed E-state index contributed by atoms with van der Waals surface area (Å²) in [6, 6.07) is 3.66. The lowest BCUT2D eigenvalue weighted by molar-refractivity contribution is 0.0527. The molecule has 2 rings (SSSR count). The lowest BCUT2D eigenvalue weighted by Gasteiger charge is -2.09. The number of hydrogen-bond acceptors (Lipinski definition) is 4. The molecular weight excluding hydrogens is 312 g/mol. The molecule has 0 fully saturated rings. The maximum atomic E-state index is 12.5. The average Bonchev–Trinajstić information content (AvgIpc) is 2.99. The van der Waals surface area contributed by atoms with Gasteiger partial charge in [-0.2, -0.15) is 0 Å². The Hall–Kier alpha value is -2.08. The van der Waals surface area contributed by atoms with Crippen molar-refractivity contribution in [1.29, 1.82) is 0 Å². The quantitative estimate of drug-likeness (QED) is 0.848. The van der Waals surface area contributed by atoms with E-state index in [4.69, 9.17) is 4.74 Å². The fraction of sp³-hybridized carbons (Fsp3) is 0.412. The molecule has 2 aromatic rings. The third kappa shape index (κ3) is 3.32. The molecule has 0 unspecified atom stereocenters. The molecule has 6 heteroatoms. The van der Waals surface area contributed by atoms with Gasteiger partial charge in [0.2, 0.25) is 0 Å².